The summed E-state index contributed by atoms with van der Waals surface area (Å²) in [4.78, 5) is 5.67. The van der Waals surface area contributed by atoms with E-state index in [1.54, 1.807) is 11.3 Å². The van der Waals surface area contributed by atoms with Gasteiger partial charge in [0.05, 0.1) is 10.9 Å². The van der Waals surface area contributed by atoms with Crippen LogP contribution in [-0.4, -0.2) is 17.6 Å². The van der Waals surface area contributed by atoms with E-state index in [2.05, 4.69) is 35.4 Å². The van der Waals surface area contributed by atoms with Gasteiger partial charge in [-0.3, -0.25) is 4.98 Å². The van der Waals surface area contributed by atoms with Crippen LogP contribution in [0.1, 0.15) is 47.5 Å². The summed E-state index contributed by atoms with van der Waals surface area (Å²) in [5.41, 5.74) is 3.53. The highest BCUT2D eigenvalue weighted by molar-refractivity contribution is 7.16. The number of rotatable bonds is 1. The van der Waals surface area contributed by atoms with Gasteiger partial charge in [0.15, 0.2) is 0 Å². The third kappa shape index (κ3) is 2.82. The third-order valence-corrected chi connectivity index (χ3v) is 6.41. The van der Waals surface area contributed by atoms with Gasteiger partial charge in [0.2, 0.25) is 0 Å². The van der Waals surface area contributed by atoms with Crippen molar-refractivity contribution in [1.29, 1.82) is 0 Å². The first-order valence-electron chi connectivity index (χ1n) is 8.17. The van der Waals surface area contributed by atoms with Crippen LogP contribution in [0.4, 0.5) is 0 Å². The van der Waals surface area contributed by atoms with Crippen LogP contribution in [-0.2, 0) is 16.8 Å². The Morgan fingerprint density at radius 3 is 3.09 bits per heavy atom. The van der Waals surface area contributed by atoms with Crippen LogP contribution in [0.2, 0.25) is 4.34 Å². The number of aromatic nitrogens is 1. The summed E-state index contributed by atoms with van der Waals surface area (Å²) >= 11 is 8.00. The van der Waals surface area contributed by atoms with E-state index in [1.807, 2.05) is 13.1 Å². The van der Waals surface area contributed by atoms with Crippen LogP contribution >= 0.6 is 22.9 Å². The van der Waals surface area contributed by atoms with E-state index in [4.69, 9.17) is 16.3 Å². The Balaban J connectivity index is 1.73. The summed E-state index contributed by atoms with van der Waals surface area (Å²) in [6.45, 7) is 5.07. The first-order chi connectivity index (χ1) is 11.1. The summed E-state index contributed by atoms with van der Waals surface area (Å²) in [7, 11) is 0. The van der Waals surface area contributed by atoms with Crippen LogP contribution in [0, 0.1) is 6.92 Å². The number of ether oxygens (including phenoxy) is 1. The summed E-state index contributed by atoms with van der Waals surface area (Å²) in [5.74, 6) is 0. The predicted octanol–water partition coefficient (Wildman–Crippen LogP) is 4.39. The van der Waals surface area contributed by atoms with E-state index in [-0.39, 0.29) is 11.6 Å². The van der Waals surface area contributed by atoms with Crippen molar-refractivity contribution in [3.05, 3.63) is 50.4 Å². The molecule has 0 radical (unpaired) electrons. The van der Waals surface area contributed by atoms with Crippen molar-refractivity contribution in [2.24, 2.45) is 0 Å². The lowest BCUT2D eigenvalue weighted by Crippen LogP contribution is -2.49. The van der Waals surface area contributed by atoms with Crippen LogP contribution in [0.25, 0.3) is 0 Å². The molecule has 4 rings (SSSR count). The number of piperidine rings is 1. The molecule has 5 heteroatoms. The van der Waals surface area contributed by atoms with Crippen LogP contribution in [0.15, 0.2) is 24.4 Å². The van der Waals surface area contributed by atoms with Crippen LogP contribution in [0.3, 0.4) is 0 Å². The Hall–Kier alpha value is -0.940. The predicted molar refractivity (Wildman–Crippen MR) is 94.2 cm³/mol. The van der Waals surface area contributed by atoms with E-state index in [1.165, 1.54) is 16.0 Å². The molecule has 23 heavy (non-hydrogen) atoms. The van der Waals surface area contributed by atoms with Crippen molar-refractivity contribution in [2.45, 2.75) is 50.8 Å². The molecule has 0 saturated carbocycles. The van der Waals surface area contributed by atoms with Gasteiger partial charge in [0, 0.05) is 35.3 Å². The largest absolute Gasteiger partial charge is 0.369 e. The van der Waals surface area contributed by atoms with Gasteiger partial charge in [0.25, 0.3) is 0 Å². The lowest BCUT2D eigenvalue weighted by Gasteiger charge is -2.46. The smallest absolute Gasteiger partial charge is 0.106 e. The molecule has 2 aromatic heterocycles. The van der Waals surface area contributed by atoms with Gasteiger partial charge in [0.1, 0.15) is 5.60 Å². The third-order valence-electron chi connectivity index (χ3n) is 4.92. The number of halogens is 1. The fraction of sp³-hybridized carbons (Fsp3) is 0.500. The second-order valence-electron chi connectivity index (χ2n) is 6.76. The van der Waals surface area contributed by atoms with Crippen molar-refractivity contribution in [3.63, 3.8) is 0 Å². The second-order valence-corrected chi connectivity index (χ2v) is 8.44. The molecule has 2 aromatic rings. The van der Waals surface area contributed by atoms with Gasteiger partial charge >= 0.3 is 0 Å². The van der Waals surface area contributed by atoms with Gasteiger partial charge in [-0.25, -0.2) is 0 Å². The number of pyridine rings is 1. The maximum Gasteiger partial charge on any atom is 0.106 e. The molecule has 3 atom stereocenters. The van der Waals surface area contributed by atoms with Crippen molar-refractivity contribution in [1.82, 2.24) is 10.3 Å². The summed E-state index contributed by atoms with van der Waals surface area (Å²) < 4.78 is 7.27. The number of aryl methyl sites for hydroxylation is 1. The quantitative estimate of drug-likeness (QED) is 0.830. The fourth-order valence-corrected chi connectivity index (χ4v) is 5.52. The average molecular weight is 349 g/mol. The van der Waals surface area contributed by atoms with E-state index in [0.29, 0.717) is 6.04 Å². The minimum atomic E-state index is -0.197. The number of thiophene rings is 1. The van der Waals surface area contributed by atoms with Crippen molar-refractivity contribution >= 4 is 22.9 Å². The number of nitrogens with zero attached hydrogens (tertiary/aromatic N) is 1. The fourth-order valence-electron chi connectivity index (χ4n) is 4.06. The van der Waals surface area contributed by atoms with E-state index in [9.17, 15) is 0 Å². The molecular formula is C18H21ClN2OS. The van der Waals surface area contributed by atoms with E-state index in [0.717, 1.165) is 35.9 Å². The monoisotopic (exact) mass is 348 g/mol. The average Bonchev–Trinajstić information content (AvgIpc) is 2.89. The lowest BCUT2D eigenvalue weighted by atomic mass is 9.78. The minimum absolute atomic E-state index is 0.197. The molecular weight excluding hydrogens is 328 g/mol. The lowest BCUT2D eigenvalue weighted by molar-refractivity contribution is -0.0954. The van der Waals surface area contributed by atoms with Gasteiger partial charge in [-0.1, -0.05) is 11.6 Å². The van der Waals surface area contributed by atoms with Crippen molar-refractivity contribution < 1.29 is 4.74 Å². The topological polar surface area (TPSA) is 34.1 Å². The van der Waals surface area contributed by atoms with Crippen molar-refractivity contribution in [2.75, 3.05) is 6.61 Å². The Morgan fingerprint density at radius 1 is 1.39 bits per heavy atom. The second kappa shape index (κ2) is 5.85. The van der Waals surface area contributed by atoms with Gasteiger partial charge in [-0.2, -0.15) is 0 Å². The molecule has 1 saturated heterocycles. The van der Waals surface area contributed by atoms with Gasteiger partial charge < -0.3 is 10.1 Å². The first-order valence-corrected chi connectivity index (χ1v) is 9.36. The highest BCUT2D eigenvalue weighted by atomic mass is 35.5. The standard InChI is InChI=1S/C18H21ClN2OS/c1-11-7-13(3-5-20-11)15-10-18(9-12(2)21-15)17-14(4-6-22-18)8-16(19)23-17/h3,5,7-8,12,15,21H,4,6,9-10H2,1-2H3/t12-,15-,18?/m0/s1. The van der Waals surface area contributed by atoms with Crippen LogP contribution in [0.5, 0.6) is 0 Å². The molecule has 0 bridgehead atoms. The maximum absolute atomic E-state index is 6.39. The zero-order chi connectivity index (χ0) is 16.0. The van der Waals surface area contributed by atoms with Gasteiger partial charge in [-0.15, -0.1) is 11.3 Å². The molecule has 122 valence electrons. The molecule has 1 fully saturated rings. The van der Waals surface area contributed by atoms with Crippen LogP contribution < -0.4 is 5.32 Å². The molecule has 0 amide bonds. The summed E-state index contributed by atoms with van der Waals surface area (Å²) in [5, 5.41) is 3.73. The van der Waals surface area contributed by atoms with E-state index >= 15 is 0 Å². The Labute approximate surface area is 146 Å². The Kier molecular flexibility index (Phi) is 3.96. The molecule has 2 aliphatic rings. The summed E-state index contributed by atoms with van der Waals surface area (Å²) in [6.07, 6.45) is 4.82. The molecule has 3 nitrogen and oxygen atoms in total. The molecule has 2 aliphatic heterocycles. The van der Waals surface area contributed by atoms with E-state index < -0.39 is 0 Å². The maximum atomic E-state index is 6.39. The Bertz CT molecular complexity index is 732. The minimum Gasteiger partial charge on any atom is -0.369 e. The number of fused-ring (bicyclic) bond motifs is 2. The number of nitrogens with one attached hydrogen (secondary N) is 1. The highest BCUT2D eigenvalue weighted by Crippen LogP contribution is 2.49. The van der Waals surface area contributed by atoms with Gasteiger partial charge in [-0.05, 0) is 56.0 Å². The summed E-state index contributed by atoms with van der Waals surface area (Å²) in [6, 6.07) is 7.10. The number of hydrogen-bond acceptors (Lipinski definition) is 4. The molecule has 0 aromatic carbocycles. The molecule has 1 spiro atoms. The van der Waals surface area contributed by atoms with Crippen molar-refractivity contribution in [3.8, 4) is 0 Å². The normalized spacial score (nSPS) is 30.4. The zero-order valence-electron chi connectivity index (χ0n) is 13.4. The zero-order valence-corrected chi connectivity index (χ0v) is 15.0. The Morgan fingerprint density at radius 2 is 2.26 bits per heavy atom. The SMILES string of the molecule is Cc1cc([C@@H]2CC3(C[C@H](C)N2)OCCc2cc(Cl)sc23)ccn1. The first kappa shape index (κ1) is 15.6. The molecule has 0 aliphatic carbocycles. The molecule has 1 unspecified atom stereocenters. The number of hydrogen-bond donors (Lipinski definition) is 1. The highest BCUT2D eigenvalue weighted by Gasteiger charge is 2.46. The molecule has 1 N–H and O–H groups in total. The molecule has 4 heterocycles.